The molecule has 2 rings (SSSR count). The third kappa shape index (κ3) is 3.02. The molecule has 0 aliphatic carbocycles. The Morgan fingerprint density at radius 1 is 1.29 bits per heavy atom. The summed E-state index contributed by atoms with van der Waals surface area (Å²) < 4.78 is 61.8. The number of furan rings is 1. The standard InChI is InChI=1S/C12H9F2NO5S/c1-19-12(16)7-5-9(14)10(6-8(7)13)15-21(17,18)11-3-2-4-20-11/h2-6,15H,1H3. The van der Waals surface area contributed by atoms with E-state index in [0.717, 1.165) is 19.4 Å². The van der Waals surface area contributed by atoms with Gasteiger partial charge in [0.2, 0.25) is 5.09 Å². The average Bonchev–Trinajstić information content (AvgIpc) is 2.96. The Labute approximate surface area is 118 Å². The summed E-state index contributed by atoms with van der Waals surface area (Å²) in [5.41, 5.74) is -1.30. The number of hydrogen-bond acceptors (Lipinski definition) is 5. The summed E-state index contributed by atoms with van der Waals surface area (Å²) >= 11 is 0. The van der Waals surface area contributed by atoms with Crippen LogP contribution in [0.5, 0.6) is 0 Å². The SMILES string of the molecule is COC(=O)c1cc(F)c(NS(=O)(=O)c2ccco2)cc1F. The fraction of sp³-hybridized carbons (Fsp3) is 0.0833. The number of anilines is 1. The lowest BCUT2D eigenvalue weighted by molar-refractivity contribution is 0.0595. The van der Waals surface area contributed by atoms with E-state index in [1.165, 1.54) is 6.07 Å². The predicted octanol–water partition coefficient (Wildman–Crippen LogP) is 2.15. The topological polar surface area (TPSA) is 85.6 Å². The number of esters is 1. The van der Waals surface area contributed by atoms with Gasteiger partial charge >= 0.3 is 5.97 Å². The maximum atomic E-state index is 13.8. The van der Waals surface area contributed by atoms with Crippen molar-refractivity contribution in [2.75, 3.05) is 11.8 Å². The van der Waals surface area contributed by atoms with Gasteiger partial charge in [-0.2, -0.15) is 8.42 Å². The van der Waals surface area contributed by atoms with Crippen LogP contribution in [0.25, 0.3) is 0 Å². The highest BCUT2D eigenvalue weighted by Gasteiger charge is 2.22. The predicted molar refractivity (Wildman–Crippen MR) is 67.2 cm³/mol. The van der Waals surface area contributed by atoms with Crippen LogP contribution in [0.1, 0.15) is 10.4 Å². The molecular weight excluding hydrogens is 308 g/mol. The van der Waals surface area contributed by atoms with Gasteiger partial charge in [-0.05, 0) is 18.2 Å². The van der Waals surface area contributed by atoms with Crippen molar-refractivity contribution in [1.29, 1.82) is 0 Å². The zero-order valence-electron chi connectivity index (χ0n) is 10.6. The normalized spacial score (nSPS) is 11.2. The van der Waals surface area contributed by atoms with Gasteiger partial charge in [-0.25, -0.2) is 13.6 Å². The number of hydrogen-bond donors (Lipinski definition) is 1. The minimum Gasteiger partial charge on any atom is -0.465 e. The molecule has 0 unspecified atom stereocenters. The van der Waals surface area contributed by atoms with Gasteiger partial charge in [0.25, 0.3) is 10.0 Å². The van der Waals surface area contributed by atoms with Crippen LogP contribution < -0.4 is 4.72 Å². The molecule has 1 N–H and O–H groups in total. The summed E-state index contributed by atoms with van der Waals surface area (Å²) in [7, 11) is -3.18. The maximum Gasteiger partial charge on any atom is 0.340 e. The molecule has 1 heterocycles. The molecule has 0 fully saturated rings. The van der Waals surface area contributed by atoms with E-state index in [-0.39, 0.29) is 0 Å². The van der Waals surface area contributed by atoms with Crippen LogP contribution in [0.15, 0.2) is 40.0 Å². The summed E-state index contributed by atoms with van der Waals surface area (Å²) in [5, 5.41) is -0.459. The van der Waals surface area contributed by atoms with Crippen LogP contribution in [-0.4, -0.2) is 21.5 Å². The Balaban J connectivity index is 2.38. The molecule has 21 heavy (non-hydrogen) atoms. The van der Waals surface area contributed by atoms with Crippen molar-refractivity contribution in [1.82, 2.24) is 0 Å². The smallest absolute Gasteiger partial charge is 0.340 e. The fourth-order valence-electron chi connectivity index (χ4n) is 1.50. The Morgan fingerprint density at radius 3 is 2.57 bits per heavy atom. The quantitative estimate of drug-likeness (QED) is 0.873. The van der Waals surface area contributed by atoms with E-state index in [1.54, 1.807) is 0 Å². The summed E-state index contributed by atoms with van der Waals surface area (Å²) in [5.74, 6) is -3.33. The minimum atomic E-state index is -4.19. The van der Waals surface area contributed by atoms with E-state index in [4.69, 9.17) is 0 Å². The van der Waals surface area contributed by atoms with E-state index < -0.39 is 44.0 Å². The van der Waals surface area contributed by atoms with Gasteiger partial charge in [-0.15, -0.1) is 0 Å². The molecule has 0 aliphatic rings. The fourth-order valence-corrected chi connectivity index (χ4v) is 2.49. The molecular formula is C12H9F2NO5S. The molecule has 112 valence electrons. The molecule has 0 aliphatic heterocycles. The second kappa shape index (κ2) is 5.52. The Bertz CT molecular complexity index is 771. The molecule has 0 radical (unpaired) electrons. The molecule has 0 atom stereocenters. The molecule has 0 saturated heterocycles. The van der Waals surface area contributed by atoms with E-state index in [9.17, 15) is 22.0 Å². The van der Waals surface area contributed by atoms with E-state index in [0.29, 0.717) is 12.1 Å². The molecule has 1 aromatic heterocycles. The Kier molecular flexibility index (Phi) is 3.94. The molecule has 0 bridgehead atoms. The van der Waals surface area contributed by atoms with E-state index in [1.807, 2.05) is 4.72 Å². The lowest BCUT2D eigenvalue weighted by Crippen LogP contribution is -2.14. The molecule has 6 nitrogen and oxygen atoms in total. The summed E-state index contributed by atoms with van der Waals surface area (Å²) in [6, 6.07) is 3.55. The van der Waals surface area contributed by atoms with Gasteiger partial charge in [0.1, 0.15) is 11.6 Å². The van der Waals surface area contributed by atoms with Crippen molar-refractivity contribution in [2.45, 2.75) is 5.09 Å². The number of ether oxygens (including phenoxy) is 1. The first kappa shape index (κ1) is 15.0. The summed E-state index contributed by atoms with van der Waals surface area (Å²) in [6.45, 7) is 0. The van der Waals surface area contributed by atoms with Gasteiger partial charge in [0.15, 0.2) is 0 Å². The second-order valence-corrected chi connectivity index (χ2v) is 5.45. The maximum absolute atomic E-state index is 13.8. The number of methoxy groups -OCH3 is 1. The van der Waals surface area contributed by atoms with Gasteiger partial charge in [0, 0.05) is 6.07 Å². The lowest BCUT2D eigenvalue weighted by Gasteiger charge is -2.09. The van der Waals surface area contributed by atoms with Crippen LogP contribution in [0.4, 0.5) is 14.5 Å². The third-order valence-corrected chi connectivity index (χ3v) is 3.72. The number of carbonyl (C=O) groups is 1. The van der Waals surface area contributed by atoms with Gasteiger partial charge in [0.05, 0.1) is 24.6 Å². The minimum absolute atomic E-state index is 0.459. The van der Waals surface area contributed by atoms with Gasteiger partial charge in [-0.3, -0.25) is 4.72 Å². The highest BCUT2D eigenvalue weighted by Crippen LogP contribution is 2.23. The number of rotatable bonds is 4. The summed E-state index contributed by atoms with van der Waals surface area (Å²) in [4.78, 5) is 11.2. The van der Waals surface area contributed by atoms with Crippen molar-refractivity contribution in [2.24, 2.45) is 0 Å². The lowest BCUT2D eigenvalue weighted by atomic mass is 10.2. The first-order chi connectivity index (χ1) is 9.85. The van der Waals surface area contributed by atoms with Crippen LogP contribution in [-0.2, 0) is 14.8 Å². The van der Waals surface area contributed by atoms with Gasteiger partial charge < -0.3 is 9.15 Å². The molecule has 9 heteroatoms. The number of sulfonamides is 1. The van der Waals surface area contributed by atoms with Crippen molar-refractivity contribution < 1.29 is 31.1 Å². The Hall–Kier alpha value is -2.42. The first-order valence-electron chi connectivity index (χ1n) is 5.49. The van der Waals surface area contributed by atoms with Crippen molar-refractivity contribution >= 4 is 21.7 Å². The molecule has 2 aromatic rings. The molecule has 0 spiro atoms. The number of halogens is 2. The van der Waals surface area contributed by atoms with Gasteiger partial charge in [-0.1, -0.05) is 0 Å². The van der Waals surface area contributed by atoms with Crippen molar-refractivity contribution in [3.05, 3.63) is 47.7 Å². The second-order valence-electron chi connectivity index (χ2n) is 3.84. The van der Waals surface area contributed by atoms with Crippen LogP contribution in [0.2, 0.25) is 0 Å². The highest BCUT2D eigenvalue weighted by molar-refractivity contribution is 7.92. The number of carbonyl (C=O) groups excluding carboxylic acids is 1. The summed E-state index contributed by atoms with van der Waals surface area (Å²) in [6.07, 6.45) is 1.12. The zero-order valence-corrected chi connectivity index (χ0v) is 11.4. The third-order valence-electron chi connectivity index (χ3n) is 2.47. The van der Waals surface area contributed by atoms with Crippen LogP contribution in [0, 0.1) is 11.6 Å². The van der Waals surface area contributed by atoms with Crippen LogP contribution in [0.3, 0.4) is 0 Å². The number of nitrogens with one attached hydrogen (secondary N) is 1. The molecule has 1 aromatic carbocycles. The molecule has 0 amide bonds. The first-order valence-corrected chi connectivity index (χ1v) is 6.97. The van der Waals surface area contributed by atoms with Crippen molar-refractivity contribution in [3.63, 3.8) is 0 Å². The monoisotopic (exact) mass is 317 g/mol. The van der Waals surface area contributed by atoms with E-state index in [2.05, 4.69) is 9.15 Å². The van der Waals surface area contributed by atoms with E-state index >= 15 is 0 Å². The zero-order chi connectivity index (χ0) is 15.6. The average molecular weight is 317 g/mol. The number of benzene rings is 1. The van der Waals surface area contributed by atoms with Crippen molar-refractivity contribution in [3.8, 4) is 0 Å². The van der Waals surface area contributed by atoms with Crippen LogP contribution >= 0.6 is 0 Å². The largest absolute Gasteiger partial charge is 0.465 e. The molecule has 0 saturated carbocycles. The highest BCUT2D eigenvalue weighted by atomic mass is 32.2. The Morgan fingerprint density at radius 2 is 2.00 bits per heavy atom.